The lowest BCUT2D eigenvalue weighted by molar-refractivity contribution is 0.425. The molecule has 20 heavy (non-hydrogen) atoms. The Morgan fingerprint density at radius 3 is 3.25 bits per heavy atom. The van der Waals surface area contributed by atoms with E-state index in [-0.39, 0.29) is 0 Å². The number of nitrogens with one attached hydrogen (secondary N) is 1. The summed E-state index contributed by atoms with van der Waals surface area (Å²) in [4.78, 5) is 4.48. The summed E-state index contributed by atoms with van der Waals surface area (Å²) in [5.41, 5.74) is 3.60. The minimum Gasteiger partial charge on any atom is -0.385 e. The molecule has 2 aromatic rings. The monoisotopic (exact) mass is 289 g/mol. The molecule has 0 bridgehead atoms. The van der Waals surface area contributed by atoms with E-state index < -0.39 is 0 Å². The van der Waals surface area contributed by atoms with Crippen LogP contribution in [0.25, 0.3) is 11.5 Å². The number of fused-ring (bicyclic) bond motifs is 1. The molecule has 0 radical (unpaired) electrons. The number of hydrogen-bond acceptors (Lipinski definition) is 5. The van der Waals surface area contributed by atoms with E-state index in [1.165, 1.54) is 24.1 Å². The van der Waals surface area contributed by atoms with Gasteiger partial charge in [-0.05, 0) is 48.8 Å². The smallest absolute Gasteiger partial charge is 0.257 e. The molecule has 1 aliphatic heterocycles. The molecule has 1 aromatic carbocycles. The van der Waals surface area contributed by atoms with E-state index in [0.29, 0.717) is 5.89 Å². The van der Waals surface area contributed by atoms with Crippen LogP contribution in [-0.4, -0.2) is 22.4 Å². The lowest BCUT2D eigenvalue weighted by Gasteiger charge is -2.17. The van der Waals surface area contributed by atoms with Crippen molar-refractivity contribution < 1.29 is 4.52 Å². The standard InChI is InChI=1S/C15H19N3OS/c1-2-8-20-10-14-17-15(19-18-14)12-5-6-13-11(9-12)4-3-7-16-13/h5-6,9,16H,2-4,7-8,10H2,1H3. The van der Waals surface area contributed by atoms with E-state index in [2.05, 4.69) is 34.5 Å². The number of thioether (sulfide) groups is 1. The summed E-state index contributed by atoms with van der Waals surface area (Å²) in [7, 11) is 0. The van der Waals surface area contributed by atoms with Crippen molar-refractivity contribution in [3.63, 3.8) is 0 Å². The Morgan fingerprint density at radius 1 is 1.40 bits per heavy atom. The van der Waals surface area contributed by atoms with Crippen LogP contribution in [0.4, 0.5) is 5.69 Å². The third-order valence-electron chi connectivity index (χ3n) is 3.34. The molecule has 1 aromatic heterocycles. The van der Waals surface area contributed by atoms with Gasteiger partial charge in [0, 0.05) is 17.8 Å². The lowest BCUT2D eigenvalue weighted by atomic mass is 10.0. The number of rotatable bonds is 5. The van der Waals surface area contributed by atoms with Gasteiger partial charge in [0.1, 0.15) is 0 Å². The number of hydrogen-bond donors (Lipinski definition) is 1. The maximum absolute atomic E-state index is 5.38. The summed E-state index contributed by atoms with van der Waals surface area (Å²) in [5, 5.41) is 7.46. The highest BCUT2D eigenvalue weighted by Crippen LogP contribution is 2.27. The normalized spacial score (nSPS) is 13.8. The fourth-order valence-electron chi connectivity index (χ4n) is 2.35. The molecule has 0 spiro atoms. The van der Waals surface area contributed by atoms with Gasteiger partial charge >= 0.3 is 0 Å². The molecule has 3 rings (SSSR count). The average Bonchev–Trinajstić information content (AvgIpc) is 2.96. The van der Waals surface area contributed by atoms with E-state index in [1.807, 2.05) is 17.8 Å². The van der Waals surface area contributed by atoms with Crippen molar-refractivity contribution in [3.8, 4) is 11.5 Å². The Morgan fingerprint density at radius 2 is 2.35 bits per heavy atom. The van der Waals surface area contributed by atoms with Gasteiger partial charge in [0.15, 0.2) is 5.82 Å². The SMILES string of the molecule is CCCSCc1noc(-c2ccc3c(c2)CCCN3)n1. The van der Waals surface area contributed by atoms with Crippen molar-refractivity contribution in [2.45, 2.75) is 31.9 Å². The van der Waals surface area contributed by atoms with Gasteiger partial charge in [0.25, 0.3) is 5.89 Å². The Bertz CT molecular complexity index is 582. The number of aryl methyl sites for hydroxylation is 1. The molecule has 0 amide bonds. The van der Waals surface area contributed by atoms with Gasteiger partial charge in [-0.1, -0.05) is 12.1 Å². The molecular weight excluding hydrogens is 270 g/mol. The number of aromatic nitrogens is 2. The molecule has 0 saturated carbocycles. The number of nitrogens with zero attached hydrogens (tertiary/aromatic N) is 2. The minimum atomic E-state index is 0.630. The van der Waals surface area contributed by atoms with Gasteiger partial charge in [-0.3, -0.25) is 0 Å². The highest BCUT2D eigenvalue weighted by atomic mass is 32.2. The molecule has 4 nitrogen and oxygen atoms in total. The van der Waals surface area contributed by atoms with Crippen molar-refractivity contribution in [2.24, 2.45) is 0 Å². The fourth-order valence-corrected chi connectivity index (χ4v) is 3.08. The highest BCUT2D eigenvalue weighted by molar-refractivity contribution is 7.98. The molecule has 0 fully saturated rings. The molecule has 1 N–H and O–H groups in total. The summed E-state index contributed by atoms with van der Waals surface area (Å²) in [6.45, 7) is 3.24. The van der Waals surface area contributed by atoms with Crippen LogP contribution in [0.3, 0.4) is 0 Å². The zero-order valence-electron chi connectivity index (χ0n) is 11.7. The van der Waals surface area contributed by atoms with Crippen molar-refractivity contribution in [2.75, 3.05) is 17.6 Å². The summed E-state index contributed by atoms with van der Waals surface area (Å²) in [5.74, 6) is 3.37. The molecule has 2 heterocycles. The molecule has 0 atom stereocenters. The topological polar surface area (TPSA) is 51.0 Å². The van der Waals surface area contributed by atoms with Crippen molar-refractivity contribution in [1.29, 1.82) is 0 Å². The van der Waals surface area contributed by atoms with Crippen molar-refractivity contribution in [3.05, 3.63) is 29.6 Å². The summed E-state index contributed by atoms with van der Waals surface area (Å²) in [6, 6.07) is 6.32. The molecule has 0 unspecified atom stereocenters. The molecular formula is C15H19N3OS. The van der Waals surface area contributed by atoms with Crippen LogP contribution in [0, 0.1) is 0 Å². The van der Waals surface area contributed by atoms with Gasteiger partial charge < -0.3 is 9.84 Å². The zero-order chi connectivity index (χ0) is 13.8. The van der Waals surface area contributed by atoms with Crippen LogP contribution < -0.4 is 5.32 Å². The molecule has 0 aliphatic carbocycles. The van der Waals surface area contributed by atoms with Crippen LogP contribution in [0.15, 0.2) is 22.7 Å². The predicted molar refractivity (Wildman–Crippen MR) is 83.0 cm³/mol. The van der Waals surface area contributed by atoms with Crippen molar-refractivity contribution >= 4 is 17.4 Å². The molecule has 5 heteroatoms. The third-order valence-corrected chi connectivity index (χ3v) is 4.50. The summed E-state index contributed by atoms with van der Waals surface area (Å²) >= 11 is 1.84. The van der Waals surface area contributed by atoms with Crippen LogP contribution in [0.2, 0.25) is 0 Å². The minimum absolute atomic E-state index is 0.630. The first kappa shape index (κ1) is 13.5. The van der Waals surface area contributed by atoms with Gasteiger partial charge in [-0.25, -0.2) is 0 Å². The maximum atomic E-state index is 5.38. The van der Waals surface area contributed by atoms with Crippen LogP contribution >= 0.6 is 11.8 Å². The zero-order valence-corrected chi connectivity index (χ0v) is 12.5. The van der Waals surface area contributed by atoms with Crippen LogP contribution in [0.5, 0.6) is 0 Å². The highest BCUT2D eigenvalue weighted by Gasteiger charge is 2.13. The Kier molecular flexibility index (Phi) is 4.25. The molecule has 106 valence electrons. The van der Waals surface area contributed by atoms with Gasteiger partial charge in [0.05, 0.1) is 5.75 Å². The quantitative estimate of drug-likeness (QED) is 0.850. The second-order valence-electron chi connectivity index (χ2n) is 4.97. The first-order valence-electron chi connectivity index (χ1n) is 7.14. The molecule has 1 aliphatic rings. The lowest BCUT2D eigenvalue weighted by Crippen LogP contribution is -2.11. The number of anilines is 1. The van der Waals surface area contributed by atoms with E-state index in [0.717, 1.165) is 35.9 Å². The Balaban J connectivity index is 1.75. The average molecular weight is 289 g/mol. The second kappa shape index (κ2) is 6.31. The van der Waals surface area contributed by atoms with E-state index >= 15 is 0 Å². The first-order chi connectivity index (χ1) is 9.86. The fraction of sp³-hybridized carbons (Fsp3) is 0.467. The Labute approximate surface area is 123 Å². The van der Waals surface area contributed by atoms with Gasteiger partial charge in [0.2, 0.25) is 0 Å². The van der Waals surface area contributed by atoms with Crippen LogP contribution in [-0.2, 0) is 12.2 Å². The van der Waals surface area contributed by atoms with E-state index in [1.54, 1.807) is 0 Å². The Hall–Kier alpha value is -1.49. The maximum Gasteiger partial charge on any atom is 0.257 e. The summed E-state index contributed by atoms with van der Waals surface area (Å²) in [6.07, 6.45) is 3.47. The van der Waals surface area contributed by atoms with Gasteiger partial charge in [-0.15, -0.1) is 0 Å². The third kappa shape index (κ3) is 2.98. The van der Waals surface area contributed by atoms with E-state index in [9.17, 15) is 0 Å². The second-order valence-corrected chi connectivity index (χ2v) is 6.08. The van der Waals surface area contributed by atoms with Crippen LogP contribution in [0.1, 0.15) is 31.2 Å². The largest absolute Gasteiger partial charge is 0.385 e. The number of benzene rings is 1. The molecule has 0 saturated heterocycles. The first-order valence-corrected chi connectivity index (χ1v) is 8.30. The predicted octanol–water partition coefficient (Wildman–Crippen LogP) is 3.74. The van der Waals surface area contributed by atoms with Crippen molar-refractivity contribution in [1.82, 2.24) is 10.1 Å². The van der Waals surface area contributed by atoms with E-state index in [4.69, 9.17) is 4.52 Å². The van der Waals surface area contributed by atoms with Gasteiger partial charge in [-0.2, -0.15) is 16.7 Å². The summed E-state index contributed by atoms with van der Waals surface area (Å²) < 4.78 is 5.38.